The third-order valence-electron chi connectivity index (χ3n) is 1.88. The Kier molecular flexibility index (Phi) is 2.87. The van der Waals surface area contributed by atoms with Crippen LogP contribution in [-0.2, 0) is 4.74 Å². The molecule has 1 heterocycles. The maximum Gasteiger partial charge on any atom is 0.0823 e. The molecule has 66 valence electrons. The SMILES string of the molecule is CC(C)(CO)COC1CNC1. The van der Waals surface area contributed by atoms with E-state index in [1.807, 2.05) is 13.8 Å². The summed E-state index contributed by atoms with van der Waals surface area (Å²) in [4.78, 5) is 0. The van der Waals surface area contributed by atoms with E-state index in [0.717, 1.165) is 13.1 Å². The molecule has 1 fully saturated rings. The first-order chi connectivity index (χ1) is 5.14. The molecule has 0 spiro atoms. The van der Waals surface area contributed by atoms with Crippen molar-refractivity contribution in [3.05, 3.63) is 0 Å². The average Bonchev–Trinajstić information content (AvgIpc) is 1.84. The molecule has 0 aromatic heterocycles. The van der Waals surface area contributed by atoms with Gasteiger partial charge in [-0.15, -0.1) is 0 Å². The lowest BCUT2D eigenvalue weighted by Gasteiger charge is -2.31. The van der Waals surface area contributed by atoms with Crippen molar-refractivity contribution in [2.24, 2.45) is 5.41 Å². The zero-order valence-corrected chi connectivity index (χ0v) is 7.26. The lowest BCUT2D eigenvalue weighted by molar-refractivity contribution is -0.0373. The highest BCUT2D eigenvalue weighted by Crippen LogP contribution is 2.15. The average molecular weight is 159 g/mol. The fourth-order valence-electron chi connectivity index (χ4n) is 0.769. The summed E-state index contributed by atoms with van der Waals surface area (Å²) in [6, 6.07) is 0. The van der Waals surface area contributed by atoms with E-state index in [9.17, 15) is 0 Å². The smallest absolute Gasteiger partial charge is 0.0823 e. The molecule has 0 aromatic carbocycles. The summed E-state index contributed by atoms with van der Waals surface area (Å²) in [5, 5.41) is 12.0. The normalized spacial score (nSPS) is 19.9. The van der Waals surface area contributed by atoms with Gasteiger partial charge < -0.3 is 15.2 Å². The molecule has 3 nitrogen and oxygen atoms in total. The second kappa shape index (κ2) is 3.52. The summed E-state index contributed by atoms with van der Waals surface area (Å²) in [5.74, 6) is 0. The summed E-state index contributed by atoms with van der Waals surface area (Å²) in [6.45, 7) is 6.75. The molecule has 1 aliphatic heterocycles. The Morgan fingerprint density at radius 3 is 2.55 bits per heavy atom. The third kappa shape index (κ3) is 2.77. The van der Waals surface area contributed by atoms with Gasteiger partial charge in [-0.1, -0.05) is 13.8 Å². The maximum absolute atomic E-state index is 8.90. The molecule has 0 saturated carbocycles. The third-order valence-corrected chi connectivity index (χ3v) is 1.88. The summed E-state index contributed by atoms with van der Waals surface area (Å²) < 4.78 is 5.51. The minimum Gasteiger partial charge on any atom is -0.396 e. The Labute approximate surface area is 67.7 Å². The van der Waals surface area contributed by atoms with Crippen LogP contribution < -0.4 is 5.32 Å². The van der Waals surface area contributed by atoms with E-state index in [4.69, 9.17) is 9.84 Å². The molecular formula is C8H17NO2. The van der Waals surface area contributed by atoms with Gasteiger partial charge in [0.2, 0.25) is 0 Å². The first kappa shape index (κ1) is 8.97. The second-order valence-electron chi connectivity index (χ2n) is 3.91. The topological polar surface area (TPSA) is 41.5 Å². The Morgan fingerprint density at radius 1 is 1.55 bits per heavy atom. The predicted molar refractivity (Wildman–Crippen MR) is 43.5 cm³/mol. The number of hydrogen-bond donors (Lipinski definition) is 2. The zero-order chi connectivity index (χ0) is 8.32. The van der Waals surface area contributed by atoms with Crippen molar-refractivity contribution in [1.82, 2.24) is 5.32 Å². The molecule has 0 atom stereocenters. The zero-order valence-electron chi connectivity index (χ0n) is 7.26. The molecule has 0 aliphatic carbocycles. The van der Waals surface area contributed by atoms with E-state index in [-0.39, 0.29) is 12.0 Å². The maximum atomic E-state index is 8.90. The van der Waals surface area contributed by atoms with Crippen molar-refractivity contribution in [3.63, 3.8) is 0 Å². The van der Waals surface area contributed by atoms with Crippen molar-refractivity contribution in [3.8, 4) is 0 Å². The number of aliphatic hydroxyl groups excluding tert-OH is 1. The number of hydrogen-bond acceptors (Lipinski definition) is 3. The van der Waals surface area contributed by atoms with Gasteiger partial charge in [0.1, 0.15) is 0 Å². The van der Waals surface area contributed by atoms with E-state index in [1.54, 1.807) is 0 Å². The summed E-state index contributed by atoms with van der Waals surface area (Å²) >= 11 is 0. The molecular weight excluding hydrogens is 142 g/mol. The minimum absolute atomic E-state index is 0.0877. The molecule has 1 aliphatic rings. The molecule has 0 unspecified atom stereocenters. The molecule has 2 N–H and O–H groups in total. The Bertz CT molecular complexity index is 121. The van der Waals surface area contributed by atoms with Crippen molar-refractivity contribution in [2.75, 3.05) is 26.3 Å². The van der Waals surface area contributed by atoms with Crippen LogP contribution >= 0.6 is 0 Å². The first-order valence-corrected chi connectivity index (χ1v) is 4.07. The minimum atomic E-state index is -0.0877. The quantitative estimate of drug-likeness (QED) is 0.606. The van der Waals surface area contributed by atoms with Crippen LogP contribution in [0.25, 0.3) is 0 Å². The summed E-state index contributed by atoms with van der Waals surface area (Å²) in [6.07, 6.45) is 0.376. The van der Waals surface area contributed by atoms with Crippen LogP contribution in [0.1, 0.15) is 13.8 Å². The highest BCUT2D eigenvalue weighted by atomic mass is 16.5. The van der Waals surface area contributed by atoms with Gasteiger partial charge in [0.25, 0.3) is 0 Å². The van der Waals surface area contributed by atoms with Crippen LogP contribution in [-0.4, -0.2) is 37.5 Å². The number of nitrogens with one attached hydrogen (secondary N) is 1. The van der Waals surface area contributed by atoms with Gasteiger partial charge in [-0.05, 0) is 0 Å². The van der Waals surface area contributed by atoms with Crippen molar-refractivity contribution >= 4 is 0 Å². The Hall–Kier alpha value is -0.120. The Balaban J connectivity index is 2.09. The van der Waals surface area contributed by atoms with Crippen LogP contribution in [0.4, 0.5) is 0 Å². The standard InChI is InChI=1S/C8H17NO2/c1-8(2,5-10)6-11-7-3-9-4-7/h7,9-10H,3-6H2,1-2H3. The molecule has 0 aromatic rings. The summed E-state index contributed by atoms with van der Waals surface area (Å²) in [5.41, 5.74) is -0.0877. The highest BCUT2D eigenvalue weighted by Gasteiger charge is 2.22. The fraction of sp³-hybridized carbons (Fsp3) is 1.00. The van der Waals surface area contributed by atoms with E-state index in [2.05, 4.69) is 5.32 Å². The van der Waals surface area contributed by atoms with E-state index in [0.29, 0.717) is 12.7 Å². The molecule has 0 radical (unpaired) electrons. The largest absolute Gasteiger partial charge is 0.396 e. The molecule has 0 amide bonds. The predicted octanol–water partition coefficient (Wildman–Crippen LogP) is -0.00670. The van der Waals surface area contributed by atoms with E-state index in [1.165, 1.54) is 0 Å². The van der Waals surface area contributed by atoms with Gasteiger partial charge in [0.05, 0.1) is 19.3 Å². The monoisotopic (exact) mass is 159 g/mol. The van der Waals surface area contributed by atoms with Gasteiger partial charge in [0.15, 0.2) is 0 Å². The van der Waals surface area contributed by atoms with Crippen LogP contribution in [0, 0.1) is 5.41 Å². The molecule has 0 bridgehead atoms. The molecule has 11 heavy (non-hydrogen) atoms. The van der Waals surface area contributed by atoms with Crippen LogP contribution in [0.15, 0.2) is 0 Å². The van der Waals surface area contributed by atoms with Crippen LogP contribution in [0.3, 0.4) is 0 Å². The lowest BCUT2D eigenvalue weighted by atomic mass is 9.96. The van der Waals surface area contributed by atoms with Crippen LogP contribution in [0.5, 0.6) is 0 Å². The van der Waals surface area contributed by atoms with Gasteiger partial charge in [-0.2, -0.15) is 0 Å². The van der Waals surface area contributed by atoms with Crippen molar-refractivity contribution in [2.45, 2.75) is 20.0 Å². The van der Waals surface area contributed by atoms with Gasteiger partial charge >= 0.3 is 0 Å². The number of rotatable bonds is 4. The van der Waals surface area contributed by atoms with E-state index < -0.39 is 0 Å². The highest BCUT2D eigenvalue weighted by molar-refractivity contribution is 4.76. The van der Waals surface area contributed by atoms with Crippen molar-refractivity contribution < 1.29 is 9.84 Å². The second-order valence-corrected chi connectivity index (χ2v) is 3.91. The van der Waals surface area contributed by atoms with E-state index >= 15 is 0 Å². The van der Waals surface area contributed by atoms with Gasteiger partial charge in [-0.3, -0.25) is 0 Å². The Morgan fingerprint density at radius 2 is 2.18 bits per heavy atom. The van der Waals surface area contributed by atoms with Gasteiger partial charge in [0, 0.05) is 18.5 Å². The van der Waals surface area contributed by atoms with Crippen LogP contribution in [0.2, 0.25) is 0 Å². The fourth-order valence-corrected chi connectivity index (χ4v) is 0.769. The van der Waals surface area contributed by atoms with Crippen molar-refractivity contribution in [1.29, 1.82) is 0 Å². The molecule has 1 saturated heterocycles. The number of aliphatic hydroxyl groups is 1. The number of ether oxygens (including phenoxy) is 1. The summed E-state index contributed by atoms with van der Waals surface area (Å²) in [7, 11) is 0. The molecule has 3 heteroatoms. The molecule has 1 rings (SSSR count). The van der Waals surface area contributed by atoms with Gasteiger partial charge in [-0.25, -0.2) is 0 Å². The lowest BCUT2D eigenvalue weighted by Crippen LogP contribution is -2.49. The first-order valence-electron chi connectivity index (χ1n) is 4.07.